The molecule has 182 valence electrons. The van der Waals surface area contributed by atoms with Gasteiger partial charge >= 0.3 is 0 Å². The predicted molar refractivity (Wildman–Crippen MR) is 136 cm³/mol. The topological polar surface area (TPSA) is 119 Å². The van der Waals surface area contributed by atoms with Crippen LogP contribution >= 0.6 is 11.8 Å². The number of nitrogens with one attached hydrogen (secondary N) is 1. The Hall–Kier alpha value is -4.44. The number of carbonyl (C=O) groups excluding carboxylic acids is 3. The Morgan fingerprint density at radius 2 is 1.75 bits per heavy atom. The van der Waals surface area contributed by atoms with Crippen LogP contribution in [0.15, 0.2) is 77.7 Å². The summed E-state index contributed by atoms with van der Waals surface area (Å²) < 4.78 is 5.53. The second-order valence-electron chi connectivity index (χ2n) is 7.87. The number of nitro groups is 1. The van der Waals surface area contributed by atoms with Crippen molar-refractivity contribution in [2.45, 2.75) is 13.5 Å². The van der Waals surface area contributed by atoms with Crippen LogP contribution in [0.1, 0.15) is 16.7 Å². The summed E-state index contributed by atoms with van der Waals surface area (Å²) in [5.74, 6) is -0.339. The Bertz CT molecular complexity index is 1370. The number of hydrogen-bond acceptors (Lipinski definition) is 7. The van der Waals surface area contributed by atoms with Gasteiger partial charge in [0.2, 0.25) is 0 Å². The highest BCUT2D eigenvalue weighted by molar-refractivity contribution is 8.18. The first-order chi connectivity index (χ1) is 17.3. The summed E-state index contributed by atoms with van der Waals surface area (Å²) >= 11 is 0.775. The van der Waals surface area contributed by atoms with Gasteiger partial charge in [0.1, 0.15) is 5.75 Å². The highest BCUT2D eigenvalue weighted by Crippen LogP contribution is 2.34. The van der Waals surface area contributed by atoms with Gasteiger partial charge in [-0.15, -0.1) is 0 Å². The molecule has 4 rings (SSSR count). The summed E-state index contributed by atoms with van der Waals surface area (Å²) in [4.78, 5) is 49.3. The fourth-order valence-electron chi connectivity index (χ4n) is 3.49. The molecule has 1 N–H and O–H groups in total. The molecule has 0 saturated carbocycles. The monoisotopic (exact) mass is 503 g/mol. The Morgan fingerprint density at radius 1 is 1.06 bits per heavy atom. The highest BCUT2D eigenvalue weighted by Gasteiger charge is 2.36. The lowest BCUT2D eigenvalue weighted by atomic mass is 10.1. The molecule has 0 radical (unpaired) electrons. The van der Waals surface area contributed by atoms with E-state index in [1.165, 1.54) is 18.2 Å². The number of nitro benzene ring substituents is 1. The number of aryl methyl sites for hydroxylation is 1. The molecule has 0 bridgehead atoms. The van der Waals surface area contributed by atoms with Gasteiger partial charge in [-0.3, -0.25) is 29.4 Å². The smallest absolute Gasteiger partial charge is 0.293 e. The van der Waals surface area contributed by atoms with E-state index in [4.69, 9.17) is 4.74 Å². The average Bonchev–Trinajstić information content (AvgIpc) is 3.12. The molecule has 0 atom stereocenters. The Labute approximate surface area is 210 Å². The number of carbonyl (C=O) groups is 3. The van der Waals surface area contributed by atoms with Crippen LogP contribution in [0.4, 0.5) is 16.2 Å². The van der Waals surface area contributed by atoms with Crippen LogP contribution in [0.2, 0.25) is 0 Å². The zero-order valence-corrected chi connectivity index (χ0v) is 20.0. The van der Waals surface area contributed by atoms with Gasteiger partial charge in [0.15, 0.2) is 6.61 Å². The van der Waals surface area contributed by atoms with E-state index in [9.17, 15) is 24.5 Å². The fourth-order valence-corrected chi connectivity index (χ4v) is 4.33. The van der Waals surface area contributed by atoms with Gasteiger partial charge in [-0.2, -0.15) is 0 Å². The van der Waals surface area contributed by atoms with Crippen LogP contribution < -0.4 is 10.1 Å². The molecule has 3 aromatic rings. The van der Waals surface area contributed by atoms with Crippen molar-refractivity contribution < 1.29 is 24.0 Å². The van der Waals surface area contributed by atoms with E-state index in [2.05, 4.69) is 5.32 Å². The average molecular weight is 504 g/mol. The minimum absolute atomic E-state index is 0.149. The van der Waals surface area contributed by atoms with E-state index in [1.54, 1.807) is 36.4 Å². The van der Waals surface area contributed by atoms with Gasteiger partial charge in [-0.25, -0.2) is 0 Å². The maximum atomic E-state index is 12.8. The number of thioether (sulfide) groups is 1. The van der Waals surface area contributed by atoms with Crippen LogP contribution in [-0.4, -0.2) is 33.5 Å². The zero-order chi connectivity index (χ0) is 25.7. The molecule has 10 heteroatoms. The number of anilines is 1. The molecular formula is C26H21N3O6S. The van der Waals surface area contributed by atoms with Crippen LogP contribution in [0, 0.1) is 17.0 Å². The van der Waals surface area contributed by atoms with Crippen LogP contribution in [-0.2, 0) is 16.1 Å². The standard InChI is InChI=1S/C26H21N3O6S/c1-17-6-2-4-8-21(17)27-24(30)16-35-20-12-10-18(11-13-20)14-23-25(31)28(26(32)36-23)15-19-7-3-5-9-22(19)29(33)34/h2-14H,15-16H2,1H3,(H,27,30). The maximum absolute atomic E-state index is 12.8. The first-order valence-electron chi connectivity index (χ1n) is 10.9. The lowest BCUT2D eigenvalue weighted by Crippen LogP contribution is -2.27. The van der Waals surface area contributed by atoms with Gasteiger partial charge in [-0.1, -0.05) is 48.5 Å². The molecule has 1 aliphatic rings. The minimum Gasteiger partial charge on any atom is -0.484 e. The van der Waals surface area contributed by atoms with Crippen molar-refractivity contribution in [3.8, 4) is 5.75 Å². The second kappa shape index (κ2) is 10.9. The normalized spacial score (nSPS) is 14.2. The molecule has 0 aromatic heterocycles. The molecule has 1 aliphatic heterocycles. The summed E-state index contributed by atoms with van der Waals surface area (Å²) in [5.41, 5.74) is 2.45. The number of amides is 3. The van der Waals surface area contributed by atoms with E-state index in [0.717, 1.165) is 27.9 Å². The SMILES string of the molecule is Cc1ccccc1NC(=O)COc1ccc(C=C2SC(=O)N(Cc3ccccc3[N+](=O)[O-])C2=O)cc1. The first kappa shape index (κ1) is 24.7. The zero-order valence-electron chi connectivity index (χ0n) is 19.2. The van der Waals surface area contributed by atoms with Gasteiger partial charge in [0.05, 0.1) is 16.4 Å². The molecule has 0 unspecified atom stereocenters. The van der Waals surface area contributed by atoms with Crippen LogP contribution in [0.3, 0.4) is 0 Å². The summed E-state index contributed by atoms with van der Waals surface area (Å²) in [6, 6.07) is 20.1. The number of rotatable bonds is 8. The van der Waals surface area contributed by atoms with Crippen molar-refractivity contribution in [2.24, 2.45) is 0 Å². The maximum Gasteiger partial charge on any atom is 0.293 e. The Kier molecular flexibility index (Phi) is 7.45. The molecule has 0 spiro atoms. The van der Waals surface area contributed by atoms with Crippen molar-refractivity contribution in [1.82, 2.24) is 4.90 Å². The molecule has 36 heavy (non-hydrogen) atoms. The van der Waals surface area contributed by atoms with Crippen LogP contribution in [0.25, 0.3) is 6.08 Å². The van der Waals surface area contributed by atoms with Crippen molar-refractivity contribution in [1.29, 1.82) is 0 Å². The fraction of sp³-hybridized carbons (Fsp3) is 0.115. The van der Waals surface area contributed by atoms with Gasteiger partial charge in [0.25, 0.3) is 22.7 Å². The van der Waals surface area contributed by atoms with Crippen molar-refractivity contribution in [3.63, 3.8) is 0 Å². The summed E-state index contributed by atoms with van der Waals surface area (Å²) in [6.07, 6.45) is 1.57. The molecular weight excluding hydrogens is 482 g/mol. The molecule has 9 nitrogen and oxygen atoms in total. The van der Waals surface area contributed by atoms with Crippen LogP contribution in [0.5, 0.6) is 5.75 Å². The molecule has 0 aliphatic carbocycles. The van der Waals surface area contributed by atoms with E-state index in [0.29, 0.717) is 11.3 Å². The van der Waals surface area contributed by atoms with E-state index in [-0.39, 0.29) is 35.2 Å². The number of para-hydroxylation sites is 2. The van der Waals surface area contributed by atoms with Gasteiger partial charge < -0.3 is 10.1 Å². The number of ether oxygens (including phenoxy) is 1. The second-order valence-corrected chi connectivity index (χ2v) is 8.87. The molecule has 3 aromatic carbocycles. The number of nitrogens with zero attached hydrogens (tertiary/aromatic N) is 2. The molecule has 1 heterocycles. The third-order valence-corrected chi connectivity index (χ3v) is 6.26. The predicted octanol–water partition coefficient (Wildman–Crippen LogP) is 5.16. The molecule has 1 saturated heterocycles. The highest BCUT2D eigenvalue weighted by atomic mass is 32.2. The number of benzene rings is 3. The number of hydrogen-bond donors (Lipinski definition) is 1. The van der Waals surface area contributed by atoms with Crippen molar-refractivity contribution in [2.75, 3.05) is 11.9 Å². The molecule has 1 fully saturated rings. The van der Waals surface area contributed by atoms with Gasteiger partial charge in [-0.05, 0) is 54.1 Å². The van der Waals surface area contributed by atoms with Crippen molar-refractivity contribution >= 4 is 46.3 Å². The first-order valence-corrected chi connectivity index (χ1v) is 11.7. The number of imide groups is 1. The third-order valence-electron chi connectivity index (χ3n) is 5.36. The lowest BCUT2D eigenvalue weighted by molar-refractivity contribution is -0.385. The van der Waals surface area contributed by atoms with E-state index >= 15 is 0 Å². The third kappa shape index (κ3) is 5.78. The Morgan fingerprint density at radius 3 is 2.47 bits per heavy atom. The summed E-state index contributed by atoms with van der Waals surface area (Å²) in [5, 5.41) is 13.5. The summed E-state index contributed by atoms with van der Waals surface area (Å²) in [7, 11) is 0. The molecule has 3 amide bonds. The largest absolute Gasteiger partial charge is 0.484 e. The lowest BCUT2D eigenvalue weighted by Gasteiger charge is -2.12. The summed E-state index contributed by atoms with van der Waals surface area (Å²) in [6.45, 7) is 1.55. The minimum atomic E-state index is -0.541. The van der Waals surface area contributed by atoms with Gasteiger partial charge in [0, 0.05) is 17.3 Å². The Balaban J connectivity index is 1.37. The van der Waals surface area contributed by atoms with Crippen molar-refractivity contribution in [3.05, 3.63) is 105 Å². The quantitative estimate of drug-likeness (QED) is 0.256. The van der Waals surface area contributed by atoms with E-state index < -0.39 is 16.1 Å². The van der Waals surface area contributed by atoms with E-state index in [1.807, 2.05) is 31.2 Å².